The highest BCUT2D eigenvalue weighted by molar-refractivity contribution is 8.69. The van der Waals surface area contributed by atoms with Crippen molar-refractivity contribution in [3.63, 3.8) is 0 Å². The quantitative estimate of drug-likeness (QED) is 0.368. The van der Waals surface area contributed by atoms with Gasteiger partial charge in [0.1, 0.15) is 5.78 Å². The van der Waals surface area contributed by atoms with Crippen molar-refractivity contribution in [2.24, 2.45) is 0 Å². The van der Waals surface area contributed by atoms with Gasteiger partial charge in [-0.05, 0) is 27.2 Å². The van der Waals surface area contributed by atoms with Gasteiger partial charge in [0, 0.05) is 24.1 Å². The van der Waals surface area contributed by atoms with Gasteiger partial charge in [-0.15, -0.1) is 11.7 Å². The van der Waals surface area contributed by atoms with Gasteiger partial charge in [-0.25, -0.2) is 0 Å². The maximum absolute atomic E-state index is 11.5. The fraction of sp³-hybridized carbons (Fsp3) is 0.833. The highest BCUT2D eigenvalue weighted by Gasteiger charge is 2.18. The monoisotopic (exact) mass is 293 g/mol. The van der Waals surface area contributed by atoms with Crippen molar-refractivity contribution < 1.29 is 14.3 Å². The van der Waals surface area contributed by atoms with E-state index >= 15 is 0 Å². The zero-order chi connectivity index (χ0) is 14.0. The summed E-state index contributed by atoms with van der Waals surface area (Å²) in [6.45, 7) is 7.02. The average molecular weight is 293 g/mol. The number of ether oxygens (including phenoxy) is 1. The van der Waals surface area contributed by atoms with Gasteiger partial charge in [-0.3, -0.25) is 9.59 Å². The average Bonchev–Trinajstić information content (AvgIpc) is 2.31. The third kappa shape index (κ3) is 10.9. The summed E-state index contributed by atoms with van der Waals surface area (Å²) in [5, 5.41) is 2.78. The molecule has 1 amide bonds. The second-order valence-corrected chi connectivity index (χ2v) is 6.60. The third-order valence-electron chi connectivity index (χ3n) is 2.37. The van der Waals surface area contributed by atoms with Crippen molar-refractivity contribution in [3.8, 4) is 0 Å². The standard InChI is InChI=1S/C12H23NO3S2/c1-10(14)5-8-16-9-7-13-11(15)4-6-12(2,3)18-17/h17H,4-9H2,1-3H3,(H,13,15). The Kier molecular flexibility index (Phi) is 9.59. The molecular formula is C12H23NO3S2. The van der Waals surface area contributed by atoms with Crippen LogP contribution in [0, 0.1) is 0 Å². The molecule has 0 aromatic carbocycles. The van der Waals surface area contributed by atoms with Gasteiger partial charge < -0.3 is 10.1 Å². The Labute approximate surface area is 118 Å². The van der Waals surface area contributed by atoms with Crippen LogP contribution >= 0.6 is 22.5 Å². The summed E-state index contributed by atoms with van der Waals surface area (Å²) in [5.74, 6) is 0.145. The minimum atomic E-state index is 0.0123. The normalized spacial score (nSPS) is 11.3. The molecule has 1 N–H and O–H groups in total. The number of rotatable bonds is 10. The van der Waals surface area contributed by atoms with E-state index in [1.807, 2.05) is 0 Å². The van der Waals surface area contributed by atoms with Gasteiger partial charge in [0.25, 0.3) is 0 Å². The molecule has 0 saturated carbocycles. The van der Waals surface area contributed by atoms with Gasteiger partial charge >= 0.3 is 0 Å². The van der Waals surface area contributed by atoms with E-state index in [0.717, 1.165) is 6.42 Å². The van der Waals surface area contributed by atoms with Crippen LogP contribution in [0.25, 0.3) is 0 Å². The minimum Gasteiger partial charge on any atom is -0.379 e. The molecule has 0 unspecified atom stereocenters. The van der Waals surface area contributed by atoms with E-state index in [-0.39, 0.29) is 16.4 Å². The predicted octanol–water partition coefficient (Wildman–Crippen LogP) is 2.24. The lowest BCUT2D eigenvalue weighted by Gasteiger charge is -2.20. The number of hydrogen-bond acceptors (Lipinski definition) is 5. The molecule has 0 heterocycles. The Balaban J connectivity index is 3.46. The molecule has 0 rings (SSSR count). The van der Waals surface area contributed by atoms with Gasteiger partial charge in [0.2, 0.25) is 5.91 Å². The van der Waals surface area contributed by atoms with E-state index in [2.05, 4.69) is 30.8 Å². The lowest BCUT2D eigenvalue weighted by atomic mass is 10.1. The topological polar surface area (TPSA) is 55.4 Å². The summed E-state index contributed by atoms with van der Waals surface area (Å²) in [7, 11) is 1.46. The Morgan fingerprint density at radius 1 is 1.28 bits per heavy atom. The van der Waals surface area contributed by atoms with Crippen molar-refractivity contribution in [2.75, 3.05) is 19.8 Å². The van der Waals surface area contributed by atoms with Crippen molar-refractivity contribution in [2.45, 2.75) is 44.8 Å². The first-order valence-electron chi connectivity index (χ1n) is 6.04. The molecule has 0 aliphatic heterocycles. The number of hydrogen-bond donors (Lipinski definition) is 2. The largest absolute Gasteiger partial charge is 0.379 e. The van der Waals surface area contributed by atoms with Crippen LogP contribution < -0.4 is 5.32 Å². The second kappa shape index (κ2) is 9.69. The Morgan fingerprint density at radius 2 is 1.94 bits per heavy atom. The molecule has 0 radical (unpaired) electrons. The fourth-order valence-corrected chi connectivity index (χ4v) is 1.60. The molecular weight excluding hydrogens is 270 g/mol. The van der Waals surface area contributed by atoms with E-state index < -0.39 is 0 Å². The molecule has 0 fully saturated rings. The van der Waals surface area contributed by atoms with Crippen LogP contribution in [0.1, 0.15) is 40.0 Å². The summed E-state index contributed by atoms with van der Waals surface area (Å²) >= 11 is 4.17. The molecule has 0 aromatic rings. The maximum Gasteiger partial charge on any atom is 0.220 e. The van der Waals surface area contributed by atoms with Crippen LogP contribution in [0.15, 0.2) is 0 Å². The highest BCUT2D eigenvalue weighted by Crippen LogP contribution is 2.31. The van der Waals surface area contributed by atoms with E-state index in [9.17, 15) is 9.59 Å². The summed E-state index contributed by atoms with van der Waals surface area (Å²) in [6, 6.07) is 0. The van der Waals surface area contributed by atoms with Crippen LogP contribution in [-0.4, -0.2) is 36.2 Å². The SMILES string of the molecule is CC(=O)CCOCCNC(=O)CCC(C)(C)SS. The molecule has 0 saturated heterocycles. The molecule has 0 aliphatic carbocycles. The van der Waals surface area contributed by atoms with Crippen molar-refractivity contribution >= 4 is 34.1 Å². The Hall–Kier alpha value is -0.200. The van der Waals surface area contributed by atoms with Crippen molar-refractivity contribution in [3.05, 3.63) is 0 Å². The first-order chi connectivity index (χ1) is 8.37. The van der Waals surface area contributed by atoms with E-state index in [0.29, 0.717) is 32.6 Å². The number of carbonyl (C=O) groups is 2. The minimum absolute atomic E-state index is 0.0123. The van der Waals surface area contributed by atoms with Gasteiger partial charge in [-0.1, -0.05) is 10.8 Å². The molecule has 106 valence electrons. The summed E-state index contributed by atoms with van der Waals surface area (Å²) < 4.78 is 5.22. The maximum atomic E-state index is 11.5. The van der Waals surface area contributed by atoms with Crippen molar-refractivity contribution in [1.82, 2.24) is 5.32 Å². The van der Waals surface area contributed by atoms with Crippen molar-refractivity contribution in [1.29, 1.82) is 0 Å². The van der Waals surface area contributed by atoms with E-state index in [4.69, 9.17) is 4.74 Å². The Morgan fingerprint density at radius 3 is 2.50 bits per heavy atom. The first kappa shape index (κ1) is 17.8. The molecule has 0 atom stereocenters. The third-order valence-corrected chi connectivity index (χ3v) is 4.55. The van der Waals surface area contributed by atoms with Gasteiger partial charge in [-0.2, -0.15) is 0 Å². The van der Waals surface area contributed by atoms with Crippen LogP contribution in [-0.2, 0) is 14.3 Å². The number of amides is 1. The number of nitrogens with one attached hydrogen (secondary N) is 1. The summed E-state index contributed by atoms with van der Waals surface area (Å²) in [4.78, 5) is 22.1. The number of thiol groups is 1. The van der Waals surface area contributed by atoms with Crippen LogP contribution in [0.3, 0.4) is 0 Å². The molecule has 0 spiro atoms. The first-order valence-corrected chi connectivity index (χ1v) is 7.91. The van der Waals surface area contributed by atoms with E-state index in [1.165, 1.54) is 17.7 Å². The molecule has 0 bridgehead atoms. The summed E-state index contributed by atoms with van der Waals surface area (Å²) in [6.07, 6.45) is 1.72. The number of carbonyl (C=O) groups excluding carboxylic acids is 2. The number of ketones is 1. The zero-order valence-electron chi connectivity index (χ0n) is 11.3. The lowest BCUT2D eigenvalue weighted by Crippen LogP contribution is -2.29. The highest BCUT2D eigenvalue weighted by atomic mass is 33.1. The van der Waals surface area contributed by atoms with Gasteiger partial charge in [0.15, 0.2) is 0 Å². The molecule has 4 nitrogen and oxygen atoms in total. The fourth-order valence-electron chi connectivity index (χ4n) is 1.13. The lowest BCUT2D eigenvalue weighted by molar-refractivity contribution is -0.122. The predicted molar refractivity (Wildman–Crippen MR) is 79.0 cm³/mol. The van der Waals surface area contributed by atoms with Crippen LogP contribution in [0.2, 0.25) is 0 Å². The van der Waals surface area contributed by atoms with Crippen LogP contribution in [0.5, 0.6) is 0 Å². The van der Waals surface area contributed by atoms with E-state index in [1.54, 1.807) is 0 Å². The number of Topliss-reactive ketones (excluding diaryl/α,β-unsaturated/α-hetero) is 1. The molecule has 6 heteroatoms. The van der Waals surface area contributed by atoms with Crippen LogP contribution in [0.4, 0.5) is 0 Å². The molecule has 0 aliphatic rings. The Bertz CT molecular complexity index is 270. The second-order valence-electron chi connectivity index (χ2n) is 4.77. The smallest absolute Gasteiger partial charge is 0.220 e. The molecule has 18 heavy (non-hydrogen) atoms. The summed E-state index contributed by atoms with van der Waals surface area (Å²) in [5.41, 5.74) is 0. The zero-order valence-corrected chi connectivity index (χ0v) is 13.0. The van der Waals surface area contributed by atoms with Gasteiger partial charge in [0.05, 0.1) is 13.2 Å². The molecule has 0 aromatic heterocycles.